The van der Waals surface area contributed by atoms with Crippen molar-refractivity contribution in [3.05, 3.63) is 84.2 Å². The molecule has 4 rings (SSSR count). The molecule has 0 radical (unpaired) electrons. The number of methoxy groups -OCH3 is 1. The lowest BCUT2D eigenvalue weighted by Crippen LogP contribution is -2.35. The Balaban J connectivity index is 1.40. The fraction of sp³-hybridized carbons (Fsp3) is 0.208. The van der Waals surface area contributed by atoms with Crippen molar-refractivity contribution < 1.29 is 18.7 Å². The van der Waals surface area contributed by atoms with Crippen LogP contribution in [-0.4, -0.2) is 18.6 Å². The van der Waals surface area contributed by atoms with E-state index in [2.05, 4.69) is 17.4 Å². The molecule has 1 aliphatic carbocycles. The zero-order valence-corrected chi connectivity index (χ0v) is 16.2. The van der Waals surface area contributed by atoms with Gasteiger partial charge in [-0.1, -0.05) is 36.4 Å². The van der Waals surface area contributed by atoms with Crippen molar-refractivity contribution in [2.24, 2.45) is 0 Å². The van der Waals surface area contributed by atoms with Crippen LogP contribution in [0.3, 0.4) is 0 Å². The van der Waals surface area contributed by atoms with Crippen LogP contribution in [0.4, 0.5) is 10.1 Å². The standard InChI is InChI=1S/C24H22FNO3/c1-28-16-17-2-4-18(5-3-17)19-6-10-21(11-7-19)26-23(27)24(14-15-24)29-22-12-8-20(25)9-13-22/h2-13H,14-16H2,1H3,(H,26,27). The van der Waals surface area contributed by atoms with Gasteiger partial charge in [-0.25, -0.2) is 4.39 Å². The molecule has 5 heteroatoms. The first-order valence-electron chi connectivity index (χ1n) is 9.52. The van der Waals surface area contributed by atoms with Crippen molar-refractivity contribution >= 4 is 11.6 Å². The van der Waals surface area contributed by atoms with Gasteiger partial charge in [-0.05, 0) is 53.1 Å². The highest BCUT2D eigenvalue weighted by Crippen LogP contribution is 2.41. The number of nitrogens with one attached hydrogen (secondary N) is 1. The number of carbonyl (C=O) groups is 1. The highest BCUT2D eigenvalue weighted by Gasteiger charge is 2.53. The van der Waals surface area contributed by atoms with E-state index in [9.17, 15) is 9.18 Å². The molecule has 4 nitrogen and oxygen atoms in total. The van der Waals surface area contributed by atoms with E-state index in [4.69, 9.17) is 9.47 Å². The van der Waals surface area contributed by atoms with Gasteiger partial charge in [-0.2, -0.15) is 0 Å². The first kappa shape index (κ1) is 19.2. The lowest BCUT2D eigenvalue weighted by Gasteiger charge is -2.18. The summed E-state index contributed by atoms with van der Waals surface area (Å²) < 4.78 is 24.0. The third kappa shape index (κ3) is 4.46. The average Bonchev–Trinajstić information content (AvgIpc) is 3.52. The largest absolute Gasteiger partial charge is 0.477 e. The fourth-order valence-corrected chi connectivity index (χ4v) is 3.17. The van der Waals surface area contributed by atoms with Gasteiger partial charge in [-0.15, -0.1) is 0 Å². The molecule has 0 bridgehead atoms. The van der Waals surface area contributed by atoms with E-state index in [1.165, 1.54) is 24.3 Å². The minimum atomic E-state index is -0.867. The topological polar surface area (TPSA) is 47.6 Å². The van der Waals surface area contributed by atoms with Gasteiger partial charge in [0.2, 0.25) is 0 Å². The maximum absolute atomic E-state index is 13.1. The van der Waals surface area contributed by atoms with Crippen LogP contribution < -0.4 is 10.1 Å². The average molecular weight is 391 g/mol. The van der Waals surface area contributed by atoms with Crippen molar-refractivity contribution in [1.29, 1.82) is 0 Å². The van der Waals surface area contributed by atoms with Crippen molar-refractivity contribution in [3.8, 4) is 16.9 Å². The number of hydrogen-bond acceptors (Lipinski definition) is 3. The molecule has 29 heavy (non-hydrogen) atoms. The molecule has 1 amide bonds. The molecule has 0 aromatic heterocycles. The number of carbonyl (C=O) groups excluding carboxylic acids is 1. The van der Waals surface area contributed by atoms with E-state index >= 15 is 0 Å². The fourth-order valence-electron chi connectivity index (χ4n) is 3.17. The van der Waals surface area contributed by atoms with Crippen molar-refractivity contribution in [2.45, 2.75) is 25.0 Å². The maximum atomic E-state index is 13.1. The maximum Gasteiger partial charge on any atom is 0.268 e. The van der Waals surface area contributed by atoms with Crippen molar-refractivity contribution in [1.82, 2.24) is 0 Å². The molecule has 0 atom stereocenters. The Morgan fingerprint density at radius 2 is 1.52 bits per heavy atom. The highest BCUT2D eigenvalue weighted by atomic mass is 19.1. The Hall–Kier alpha value is -3.18. The Bertz CT molecular complexity index is 978. The van der Waals surface area contributed by atoms with Crippen LogP contribution in [0.25, 0.3) is 11.1 Å². The van der Waals surface area contributed by atoms with Crippen molar-refractivity contribution in [2.75, 3.05) is 12.4 Å². The SMILES string of the molecule is COCc1ccc(-c2ccc(NC(=O)C3(Oc4ccc(F)cc4)CC3)cc2)cc1. The molecule has 3 aromatic carbocycles. The first-order valence-corrected chi connectivity index (χ1v) is 9.52. The van der Waals surface area contributed by atoms with Crippen LogP contribution in [0.5, 0.6) is 5.75 Å². The van der Waals surface area contributed by atoms with Gasteiger partial charge >= 0.3 is 0 Å². The van der Waals surface area contributed by atoms with E-state index in [0.29, 0.717) is 30.9 Å². The normalized spacial score (nSPS) is 14.3. The second kappa shape index (κ2) is 8.05. The second-order valence-electron chi connectivity index (χ2n) is 7.21. The van der Waals surface area contributed by atoms with Crippen LogP contribution in [0.1, 0.15) is 18.4 Å². The van der Waals surface area contributed by atoms with Gasteiger partial charge in [-0.3, -0.25) is 4.79 Å². The predicted octanol–water partition coefficient (Wildman–Crippen LogP) is 5.19. The van der Waals surface area contributed by atoms with Crippen LogP contribution in [0.15, 0.2) is 72.8 Å². The molecular formula is C24H22FNO3. The minimum Gasteiger partial charge on any atom is -0.477 e. The highest BCUT2D eigenvalue weighted by molar-refractivity contribution is 5.99. The van der Waals surface area contributed by atoms with Gasteiger partial charge in [0.05, 0.1) is 6.61 Å². The number of halogens is 1. The molecule has 3 aromatic rings. The molecule has 0 unspecified atom stereocenters. The molecule has 0 aliphatic heterocycles. The summed E-state index contributed by atoms with van der Waals surface area (Å²) in [7, 11) is 1.68. The van der Waals surface area contributed by atoms with E-state index in [-0.39, 0.29) is 11.7 Å². The van der Waals surface area contributed by atoms with Crippen LogP contribution >= 0.6 is 0 Å². The lowest BCUT2D eigenvalue weighted by molar-refractivity contribution is -0.124. The minimum absolute atomic E-state index is 0.182. The number of ether oxygens (including phenoxy) is 2. The third-order valence-corrected chi connectivity index (χ3v) is 4.99. The van der Waals surface area contributed by atoms with Gasteiger partial charge in [0.1, 0.15) is 11.6 Å². The first-order chi connectivity index (χ1) is 14.1. The summed E-state index contributed by atoms with van der Waals surface area (Å²) in [6.07, 6.45) is 1.28. The molecule has 1 fully saturated rings. The van der Waals surface area contributed by atoms with E-state index < -0.39 is 5.60 Å². The van der Waals surface area contributed by atoms with Crippen LogP contribution in [0.2, 0.25) is 0 Å². The van der Waals surface area contributed by atoms with E-state index in [0.717, 1.165) is 16.7 Å². The molecule has 1 N–H and O–H groups in total. The van der Waals surface area contributed by atoms with Crippen LogP contribution in [-0.2, 0) is 16.1 Å². The van der Waals surface area contributed by atoms with Crippen LogP contribution in [0, 0.1) is 5.82 Å². The summed E-state index contributed by atoms with van der Waals surface area (Å²) >= 11 is 0. The summed E-state index contributed by atoms with van der Waals surface area (Å²) in [4.78, 5) is 12.7. The summed E-state index contributed by atoms with van der Waals surface area (Å²) in [5.41, 5.74) is 3.13. The lowest BCUT2D eigenvalue weighted by atomic mass is 10.0. The Morgan fingerprint density at radius 3 is 2.07 bits per heavy atom. The van der Waals surface area contributed by atoms with E-state index in [1.807, 2.05) is 36.4 Å². The number of rotatable bonds is 7. The Labute approximate surface area is 169 Å². The smallest absolute Gasteiger partial charge is 0.268 e. The zero-order chi connectivity index (χ0) is 20.3. The predicted molar refractivity (Wildman–Crippen MR) is 110 cm³/mol. The van der Waals surface area contributed by atoms with Gasteiger partial charge in [0.25, 0.3) is 5.91 Å². The summed E-state index contributed by atoms with van der Waals surface area (Å²) in [5, 5.41) is 2.93. The molecule has 1 saturated carbocycles. The molecule has 0 heterocycles. The molecule has 0 saturated heterocycles. The third-order valence-electron chi connectivity index (χ3n) is 4.99. The molecular weight excluding hydrogens is 369 g/mol. The quantitative estimate of drug-likeness (QED) is 0.603. The van der Waals surface area contributed by atoms with Gasteiger partial charge in [0, 0.05) is 25.6 Å². The summed E-state index contributed by atoms with van der Waals surface area (Å²) in [6, 6.07) is 21.6. The number of amides is 1. The van der Waals surface area contributed by atoms with Crippen molar-refractivity contribution in [3.63, 3.8) is 0 Å². The molecule has 148 valence electrons. The monoisotopic (exact) mass is 391 g/mol. The number of benzene rings is 3. The Morgan fingerprint density at radius 1 is 0.931 bits per heavy atom. The molecule has 1 aliphatic rings. The number of hydrogen-bond donors (Lipinski definition) is 1. The summed E-state index contributed by atoms with van der Waals surface area (Å²) in [6.45, 7) is 0.590. The van der Waals surface area contributed by atoms with Gasteiger partial charge < -0.3 is 14.8 Å². The van der Waals surface area contributed by atoms with E-state index in [1.54, 1.807) is 7.11 Å². The Kier molecular flexibility index (Phi) is 5.32. The zero-order valence-electron chi connectivity index (χ0n) is 16.2. The number of anilines is 1. The second-order valence-corrected chi connectivity index (χ2v) is 7.21. The molecule has 0 spiro atoms. The van der Waals surface area contributed by atoms with Gasteiger partial charge in [0.15, 0.2) is 5.60 Å². The summed E-state index contributed by atoms with van der Waals surface area (Å²) in [5.74, 6) is -0.0233.